The van der Waals surface area contributed by atoms with Crippen LogP contribution in [0.1, 0.15) is 27.2 Å². The van der Waals surface area contributed by atoms with E-state index in [1.165, 1.54) is 0 Å². The molecule has 8 heteroatoms. The molecule has 1 saturated heterocycles. The van der Waals surface area contributed by atoms with Gasteiger partial charge in [0.25, 0.3) is 0 Å². The summed E-state index contributed by atoms with van der Waals surface area (Å²) in [6.07, 6.45) is -0.523. The minimum atomic E-state index is -0.965. The molecule has 0 aromatic rings. The van der Waals surface area contributed by atoms with E-state index in [1.54, 1.807) is 30.6 Å². The van der Waals surface area contributed by atoms with Crippen LogP contribution < -0.4 is 5.32 Å². The number of nitrogens with zero attached hydrogens (tertiary/aromatic N) is 2. The highest BCUT2D eigenvalue weighted by Crippen LogP contribution is 2.10. The fourth-order valence-electron chi connectivity index (χ4n) is 2.10. The van der Waals surface area contributed by atoms with Gasteiger partial charge >= 0.3 is 18.1 Å². The van der Waals surface area contributed by atoms with Crippen LogP contribution in [0.3, 0.4) is 0 Å². The van der Waals surface area contributed by atoms with Crippen molar-refractivity contribution in [3.63, 3.8) is 0 Å². The van der Waals surface area contributed by atoms with E-state index in [-0.39, 0.29) is 18.5 Å². The first-order valence-corrected chi connectivity index (χ1v) is 6.96. The number of rotatable bonds is 4. The molecule has 0 spiro atoms. The van der Waals surface area contributed by atoms with Crippen LogP contribution in [-0.2, 0) is 9.53 Å². The largest absolute Gasteiger partial charge is 0.481 e. The van der Waals surface area contributed by atoms with E-state index < -0.39 is 11.5 Å². The maximum Gasteiger partial charge on any atom is 0.409 e. The molecule has 1 heterocycles. The SMILES string of the molecule is CCOC(=O)N1CCN(C(=O)NC(C)(C)CC(=O)O)CC1. The predicted molar refractivity (Wildman–Crippen MR) is 75.0 cm³/mol. The number of piperazine rings is 1. The van der Waals surface area contributed by atoms with Crippen molar-refractivity contribution in [3.8, 4) is 0 Å². The topological polar surface area (TPSA) is 99.2 Å². The molecule has 0 saturated carbocycles. The lowest BCUT2D eigenvalue weighted by atomic mass is 10.0. The van der Waals surface area contributed by atoms with Crippen LogP contribution in [0.5, 0.6) is 0 Å². The number of carbonyl (C=O) groups excluding carboxylic acids is 2. The van der Waals surface area contributed by atoms with Gasteiger partial charge in [-0.1, -0.05) is 0 Å². The fourth-order valence-corrected chi connectivity index (χ4v) is 2.10. The van der Waals surface area contributed by atoms with E-state index in [1.807, 2.05) is 0 Å². The lowest BCUT2D eigenvalue weighted by Gasteiger charge is -2.36. The molecule has 0 aromatic heterocycles. The Hall–Kier alpha value is -1.99. The van der Waals surface area contributed by atoms with Crippen molar-refractivity contribution < 1.29 is 24.2 Å². The molecule has 1 aliphatic rings. The zero-order chi connectivity index (χ0) is 16.0. The summed E-state index contributed by atoms with van der Waals surface area (Å²) in [5.74, 6) is -0.965. The number of hydrogen-bond acceptors (Lipinski definition) is 4. The standard InChI is InChI=1S/C13H23N3O5/c1-4-21-12(20)16-7-5-15(6-8-16)11(19)14-13(2,3)9-10(17)18/h4-9H2,1-3H3,(H,14,19)(H,17,18). The second-order valence-corrected chi connectivity index (χ2v) is 5.56. The van der Waals surface area contributed by atoms with Gasteiger partial charge in [0.2, 0.25) is 0 Å². The van der Waals surface area contributed by atoms with Crippen molar-refractivity contribution in [3.05, 3.63) is 0 Å². The molecular weight excluding hydrogens is 278 g/mol. The van der Waals surface area contributed by atoms with Gasteiger partial charge in [0, 0.05) is 31.7 Å². The number of nitrogens with one attached hydrogen (secondary N) is 1. The molecular formula is C13H23N3O5. The molecule has 8 nitrogen and oxygen atoms in total. The van der Waals surface area contributed by atoms with E-state index in [0.717, 1.165) is 0 Å². The van der Waals surface area contributed by atoms with Gasteiger partial charge in [0.1, 0.15) is 0 Å². The molecule has 120 valence electrons. The number of aliphatic carboxylic acids is 1. The van der Waals surface area contributed by atoms with Gasteiger partial charge in [-0.2, -0.15) is 0 Å². The predicted octanol–water partition coefficient (Wildman–Crippen LogP) is 0.723. The van der Waals surface area contributed by atoms with Crippen molar-refractivity contribution in [2.45, 2.75) is 32.7 Å². The van der Waals surface area contributed by atoms with E-state index in [2.05, 4.69) is 5.32 Å². The van der Waals surface area contributed by atoms with Crippen LogP contribution >= 0.6 is 0 Å². The van der Waals surface area contributed by atoms with Crippen LogP contribution in [0, 0.1) is 0 Å². The van der Waals surface area contributed by atoms with Gasteiger partial charge in [-0.25, -0.2) is 9.59 Å². The van der Waals surface area contributed by atoms with Gasteiger partial charge < -0.3 is 25.0 Å². The van der Waals surface area contributed by atoms with Crippen LogP contribution in [0.15, 0.2) is 0 Å². The monoisotopic (exact) mass is 301 g/mol. The second kappa shape index (κ2) is 7.14. The first-order valence-electron chi connectivity index (χ1n) is 6.96. The summed E-state index contributed by atoms with van der Waals surface area (Å²) < 4.78 is 4.90. The first kappa shape index (κ1) is 17.1. The smallest absolute Gasteiger partial charge is 0.409 e. The molecule has 0 radical (unpaired) electrons. The summed E-state index contributed by atoms with van der Waals surface area (Å²) in [5, 5.41) is 11.5. The van der Waals surface area contributed by atoms with E-state index in [0.29, 0.717) is 32.8 Å². The highest BCUT2D eigenvalue weighted by atomic mass is 16.6. The highest BCUT2D eigenvalue weighted by molar-refractivity contribution is 5.77. The molecule has 0 bridgehead atoms. The quantitative estimate of drug-likeness (QED) is 0.797. The molecule has 2 N–H and O–H groups in total. The molecule has 1 fully saturated rings. The Labute approximate surface area is 124 Å². The minimum Gasteiger partial charge on any atom is -0.481 e. The molecule has 1 rings (SSSR count). The molecule has 0 unspecified atom stereocenters. The second-order valence-electron chi connectivity index (χ2n) is 5.56. The molecule has 21 heavy (non-hydrogen) atoms. The van der Waals surface area contributed by atoms with Crippen molar-refractivity contribution >= 4 is 18.1 Å². The first-order chi connectivity index (χ1) is 9.75. The van der Waals surface area contributed by atoms with Gasteiger partial charge in [-0.05, 0) is 20.8 Å². The number of amides is 3. The van der Waals surface area contributed by atoms with E-state index in [4.69, 9.17) is 9.84 Å². The number of carboxylic acid groups (broad SMARTS) is 1. The summed E-state index contributed by atoms with van der Waals surface area (Å²) in [7, 11) is 0. The zero-order valence-corrected chi connectivity index (χ0v) is 12.7. The Kier molecular flexibility index (Phi) is 5.80. The third kappa shape index (κ3) is 5.49. The maximum absolute atomic E-state index is 12.1. The minimum absolute atomic E-state index is 0.151. The summed E-state index contributed by atoms with van der Waals surface area (Å²) in [5.41, 5.74) is -0.818. The van der Waals surface area contributed by atoms with Crippen LogP contribution in [0.4, 0.5) is 9.59 Å². The average molecular weight is 301 g/mol. The number of carbonyl (C=O) groups is 3. The van der Waals surface area contributed by atoms with Crippen LogP contribution in [0.25, 0.3) is 0 Å². The maximum atomic E-state index is 12.1. The molecule has 0 aliphatic carbocycles. The molecule has 3 amide bonds. The van der Waals surface area contributed by atoms with Crippen molar-refractivity contribution in [1.82, 2.24) is 15.1 Å². The Morgan fingerprint density at radius 3 is 2.14 bits per heavy atom. The van der Waals surface area contributed by atoms with E-state index in [9.17, 15) is 14.4 Å². The number of hydrogen-bond donors (Lipinski definition) is 2. The van der Waals surface area contributed by atoms with Crippen LogP contribution in [0.2, 0.25) is 0 Å². The van der Waals surface area contributed by atoms with Crippen molar-refractivity contribution in [2.24, 2.45) is 0 Å². The Morgan fingerprint density at radius 1 is 1.14 bits per heavy atom. The Morgan fingerprint density at radius 2 is 1.67 bits per heavy atom. The number of ether oxygens (including phenoxy) is 1. The summed E-state index contributed by atoms with van der Waals surface area (Å²) in [6.45, 7) is 7.00. The Balaban J connectivity index is 2.45. The van der Waals surface area contributed by atoms with Gasteiger partial charge in [0.15, 0.2) is 0 Å². The number of urea groups is 1. The van der Waals surface area contributed by atoms with Crippen molar-refractivity contribution in [1.29, 1.82) is 0 Å². The summed E-state index contributed by atoms with van der Waals surface area (Å²) in [4.78, 5) is 37.5. The lowest BCUT2D eigenvalue weighted by molar-refractivity contribution is -0.138. The Bertz CT molecular complexity index is 403. The normalized spacial score (nSPS) is 15.6. The van der Waals surface area contributed by atoms with E-state index >= 15 is 0 Å². The summed E-state index contributed by atoms with van der Waals surface area (Å²) in [6, 6.07) is -0.315. The van der Waals surface area contributed by atoms with Crippen LogP contribution in [-0.4, -0.2) is 71.3 Å². The van der Waals surface area contributed by atoms with Gasteiger partial charge in [0.05, 0.1) is 13.0 Å². The lowest BCUT2D eigenvalue weighted by Crippen LogP contribution is -2.57. The fraction of sp³-hybridized carbons (Fsp3) is 0.769. The third-order valence-electron chi connectivity index (χ3n) is 3.13. The highest BCUT2D eigenvalue weighted by Gasteiger charge is 2.29. The molecule has 0 atom stereocenters. The molecule has 0 aromatic carbocycles. The number of carboxylic acids is 1. The average Bonchev–Trinajstić information content (AvgIpc) is 2.37. The van der Waals surface area contributed by atoms with Crippen molar-refractivity contribution in [2.75, 3.05) is 32.8 Å². The van der Waals surface area contributed by atoms with Gasteiger partial charge in [-0.15, -0.1) is 0 Å². The zero-order valence-electron chi connectivity index (χ0n) is 12.7. The summed E-state index contributed by atoms with van der Waals surface area (Å²) >= 11 is 0. The molecule has 1 aliphatic heterocycles. The third-order valence-corrected chi connectivity index (χ3v) is 3.13. The van der Waals surface area contributed by atoms with Gasteiger partial charge in [-0.3, -0.25) is 4.79 Å².